The Morgan fingerprint density at radius 2 is 1.68 bits per heavy atom. The zero-order chi connectivity index (χ0) is 26.8. The number of rotatable bonds is 8. The van der Waals surface area contributed by atoms with E-state index in [2.05, 4.69) is 15.0 Å². The summed E-state index contributed by atoms with van der Waals surface area (Å²) >= 11 is 1.15. The van der Waals surface area contributed by atoms with Gasteiger partial charge in [0, 0.05) is 17.3 Å². The molecule has 0 saturated carbocycles. The van der Waals surface area contributed by atoms with Gasteiger partial charge in [0.25, 0.3) is 15.9 Å². The number of hydrogen-bond donors (Lipinski definition) is 2. The first-order chi connectivity index (χ1) is 18.2. The molecule has 5 rings (SSSR count). The topological polar surface area (TPSA) is 135 Å². The fraction of sp³-hybridized carbons (Fsp3) is 0.120. The van der Waals surface area contributed by atoms with Crippen LogP contribution in [-0.2, 0) is 30.6 Å². The molecule has 0 unspecified atom stereocenters. The Hall–Kier alpha value is -3.94. The Labute approximate surface area is 224 Å². The molecule has 1 aliphatic rings. The number of carbonyl (C=O) groups is 1. The number of para-hydroxylation sites is 2. The summed E-state index contributed by atoms with van der Waals surface area (Å²) in [5.41, 5.74) is 1.30. The maximum Gasteiger partial charge on any atom is 0.267 e. The van der Waals surface area contributed by atoms with E-state index in [1.54, 1.807) is 60.0 Å². The van der Waals surface area contributed by atoms with Crippen molar-refractivity contribution in [2.45, 2.75) is 16.8 Å². The fourth-order valence-electron chi connectivity index (χ4n) is 3.85. The lowest BCUT2D eigenvalue weighted by Crippen LogP contribution is -2.49. The van der Waals surface area contributed by atoms with Crippen molar-refractivity contribution < 1.29 is 26.4 Å². The molecule has 196 valence electrons. The average molecular weight is 571 g/mol. The van der Waals surface area contributed by atoms with Gasteiger partial charge in [0.2, 0.25) is 10.0 Å². The van der Waals surface area contributed by atoms with E-state index in [0.717, 1.165) is 11.3 Å². The number of aromatic nitrogens is 1. The molecule has 1 amide bonds. The third kappa shape index (κ3) is 5.64. The molecule has 1 aromatic heterocycles. The average Bonchev–Trinajstić information content (AvgIpc) is 3.41. The maximum atomic E-state index is 13.4. The van der Waals surface area contributed by atoms with Crippen LogP contribution in [0.15, 0.2) is 95.3 Å². The van der Waals surface area contributed by atoms with Crippen molar-refractivity contribution in [1.82, 2.24) is 4.98 Å². The van der Waals surface area contributed by atoms with Gasteiger partial charge in [-0.25, -0.2) is 21.8 Å². The van der Waals surface area contributed by atoms with Crippen LogP contribution in [0.2, 0.25) is 0 Å². The number of ether oxygens (including phenoxy) is 1. The summed E-state index contributed by atoms with van der Waals surface area (Å²) < 4.78 is 61.2. The molecule has 38 heavy (non-hydrogen) atoms. The van der Waals surface area contributed by atoms with Gasteiger partial charge in [0.15, 0.2) is 11.2 Å². The number of amides is 1. The second-order valence-electron chi connectivity index (χ2n) is 8.30. The second-order valence-corrected chi connectivity index (χ2v) is 12.8. The van der Waals surface area contributed by atoms with Gasteiger partial charge in [-0.15, -0.1) is 11.3 Å². The summed E-state index contributed by atoms with van der Waals surface area (Å²) in [4.78, 5) is 17.0. The third-order valence-electron chi connectivity index (χ3n) is 5.64. The first-order valence-electron chi connectivity index (χ1n) is 11.3. The molecule has 4 aromatic rings. The molecule has 0 fully saturated rings. The monoisotopic (exact) mass is 570 g/mol. The number of thiazole rings is 1. The Morgan fingerprint density at radius 1 is 0.974 bits per heavy atom. The van der Waals surface area contributed by atoms with E-state index < -0.39 is 32.1 Å². The molecule has 0 aliphatic carbocycles. The predicted molar refractivity (Wildman–Crippen MR) is 145 cm³/mol. The van der Waals surface area contributed by atoms with E-state index in [1.165, 1.54) is 34.8 Å². The van der Waals surface area contributed by atoms with Crippen molar-refractivity contribution in [3.63, 3.8) is 0 Å². The molecular formula is C25H22N4O6S3. The summed E-state index contributed by atoms with van der Waals surface area (Å²) in [6.45, 7) is -0.220. The molecule has 1 atom stereocenters. The first-order valence-corrected chi connectivity index (χ1v) is 15.3. The van der Waals surface area contributed by atoms with E-state index in [1.807, 2.05) is 0 Å². The largest absolute Gasteiger partial charge is 0.476 e. The number of fused-ring (bicyclic) bond motifs is 1. The Bertz CT molecular complexity index is 1640. The quantitative estimate of drug-likeness (QED) is 0.330. The lowest BCUT2D eigenvalue weighted by Gasteiger charge is -2.34. The lowest BCUT2D eigenvalue weighted by atomic mass is 10.2. The van der Waals surface area contributed by atoms with Gasteiger partial charge < -0.3 is 10.1 Å². The minimum Gasteiger partial charge on any atom is -0.476 e. The summed E-state index contributed by atoms with van der Waals surface area (Å²) in [7, 11) is -7.68. The van der Waals surface area contributed by atoms with Crippen LogP contribution >= 0.6 is 11.3 Å². The van der Waals surface area contributed by atoms with Crippen molar-refractivity contribution in [3.05, 3.63) is 96.0 Å². The van der Waals surface area contributed by atoms with Gasteiger partial charge in [-0.2, -0.15) is 0 Å². The molecule has 13 heteroatoms. The minimum atomic E-state index is -3.84. The van der Waals surface area contributed by atoms with Gasteiger partial charge in [0.05, 0.1) is 22.9 Å². The van der Waals surface area contributed by atoms with E-state index in [-0.39, 0.29) is 28.1 Å². The zero-order valence-corrected chi connectivity index (χ0v) is 22.2. The zero-order valence-electron chi connectivity index (χ0n) is 19.7. The predicted octanol–water partition coefficient (Wildman–Crippen LogP) is 3.68. The minimum absolute atomic E-state index is 0.00766. The molecule has 2 N–H and O–H groups in total. The molecule has 0 spiro atoms. The van der Waals surface area contributed by atoms with Crippen LogP contribution in [-0.4, -0.2) is 40.4 Å². The highest BCUT2D eigenvalue weighted by atomic mass is 32.2. The molecule has 10 nitrogen and oxygen atoms in total. The van der Waals surface area contributed by atoms with Crippen molar-refractivity contribution in [2.75, 3.05) is 20.9 Å². The van der Waals surface area contributed by atoms with Crippen LogP contribution in [0, 0.1) is 0 Å². The smallest absolute Gasteiger partial charge is 0.267 e. The normalized spacial score (nSPS) is 15.3. The molecule has 0 radical (unpaired) electrons. The molecule has 2 heterocycles. The number of nitrogens with zero attached hydrogens (tertiary/aromatic N) is 2. The number of anilines is 3. The number of nitrogens with one attached hydrogen (secondary N) is 2. The Morgan fingerprint density at radius 3 is 2.39 bits per heavy atom. The lowest BCUT2D eigenvalue weighted by molar-refractivity contribution is -0.122. The van der Waals surface area contributed by atoms with E-state index in [0.29, 0.717) is 16.9 Å². The number of sulfonamides is 2. The molecule has 3 aromatic carbocycles. The second kappa shape index (κ2) is 10.4. The highest BCUT2D eigenvalue weighted by molar-refractivity contribution is 7.93. The third-order valence-corrected chi connectivity index (χ3v) is 9.53. The van der Waals surface area contributed by atoms with Crippen LogP contribution in [0.4, 0.5) is 16.5 Å². The van der Waals surface area contributed by atoms with Crippen LogP contribution in [0.5, 0.6) is 5.75 Å². The van der Waals surface area contributed by atoms with E-state index in [9.17, 15) is 21.6 Å². The SMILES string of the molecule is O=C(Nc1ccc(S(=O)(=O)Nc2nccs2)cc1)[C@H]1CN(S(=O)(=O)Cc2ccccc2)c2ccccc2O1. The van der Waals surface area contributed by atoms with E-state index in [4.69, 9.17) is 4.74 Å². The van der Waals surface area contributed by atoms with Gasteiger partial charge in [-0.05, 0) is 42.0 Å². The summed E-state index contributed by atoms with van der Waals surface area (Å²) in [6, 6.07) is 21.0. The summed E-state index contributed by atoms with van der Waals surface area (Å²) in [6.07, 6.45) is 0.353. The molecule has 0 saturated heterocycles. The van der Waals surface area contributed by atoms with E-state index >= 15 is 0 Å². The van der Waals surface area contributed by atoms with Crippen molar-refractivity contribution in [3.8, 4) is 5.75 Å². The van der Waals surface area contributed by atoms with Gasteiger partial charge >= 0.3 is 0 Å². The standard InChI is InChI=1S/C25H22N4O6S3/c30-24(27-19-10-12-20(13-11-19)38(33,34)28-25-26-14-15-36-25)23-16-29(21-8-4-5-9-22(21)35-23)37(31,32)17-18-6-2-1-3-7-18/h1-15,23H,16-17H2,(H,26,28)(H,27,30)/t23-/m1/s1. The molecular weight excluding hydrogens is 548 g/mol. The van der Waals surface area contributed by atoms with Gasteiger partial charge in [-0.3, -0.25) is 13.8 Å². The van der Waals surface area contributed by atoms with Crippen LogP contribution in [0.25, 0.3) is 0 Å². The van der Waals surface area contributed by atoms with Gasteiger partial charge in [0.1, 0.15) is 5.75 Å². The van der Waals surface area contributed by atoms with Crippen molar-refractivity contribution in [1.29, 1.82) is 0 Å². The highest BCUT2D eigenvalue weighted by Crippen LogP contribution is 2.36. The van der Waals surface area contributed by atoms with Crippen molar-refractivity contribution in [2.24, 2.45) is 0 Å². The van der Waals surface area contributed by atoms with Crippen LogP contribution < -0.4 is 19.1 Å². The number of hydrogen-bond acceptors (Lipinski definition) is 8. The van der Waals surface area contributed by atoms with Gasteiger partial charge in [-0.1, -0.05) is 42.5 Å². The maximum absolute atomic E-state index is 13.4. The summed E-state index contributed by atoms with van der Waals surface area (Å²) in [5, 5.41) is 4.57. The summed E-state index contributed by atoms with van der Waals surface area (Å²) in [5.74, 6) is -0.539. The molecule has 0 bridgehead atoms. The van der Waals surface area contributed by atoms with Crippen LogP contribution in [0.3, 0.4) is 0 Å². The first kappa shape index (κ1) is 25.7. The number of benzene rings is 3. The Balaban J connectivity index is 1.32. The Kier molecular flexibility index (Phi) is 7.06. The fourth-order valence-corrected chi connectivity index (χ4v) is 7.22. The number of carbonyl (C=O) groups excluding carboxylic acids is 1. The highest BCUT2D eigenvalue weighted by Gasteiger charge is 2.36. The van der Waals surface area contributed by atoms with Crippen LogP contribution in [0.1, 0.15) is 5.56 Å². The van der Waals surface area contributed by atoms with Crippen molar-refractivity contribution >= 4 is 53.8 Å². The molecule has 1 aliphatic heterocycles.